The minimum atomic E-state index is -0.471. The molecule has 1 aliphatic rings. The normalized spacial score (nSPS) is 30.9. The van der Waals surface area contributed by atoms with E-state index in [1.54, 1.807) is 0 Å². The van der Waals surface area contributed by atoms with E-state index in [1.807, 2.05) is 6.26 Å². The lowest BCUT2D eigenvalue weighted by Crippen LogP contribution is -2.58. The Balaban J connectivity index is 2.93. The van der Waals surface area contributed by atoms with Crippen LogP contribution in [0.1, 0.15) is 39.5 Å². The third-order valence-corrected chi connectivity index (χ3v) is 4.68. The molecule has 7 nitrogen and oxygen atoms in total. The van der Waals surface area contributed by atoms with Crippen LogP contribution < -0.4 is 0 Å². The molecule has 0 radical (unpaired) electrons. The number of azide groups is 1. The summed E-state index contributed by atoms with van der Waals surface area (Å²) < 4.78 is 17.8. The summed E-state index contributed by atoms with van der Waals surface area (Å²) in [5.74, 6) is 0. The third-order valence-electron chi connectivity index (χ3n) is 3.83. The molecule has 0 aromatic heterocycles. The van der Waals surface area contributed by atoms with Gasteiger partial charge in [0.05, 0.1) is 12.7 Å². The van der Waals surface area contributed by atoms with Crippen LogP contribution in [-0.2, 0) is 14.2 Å². The maximum Gasteiger partial charge on any atom is 0.114 e. The van der Waals surface area contributed by atoms with Crippen molar-refractivity contribution in [1.82, 2.24) is 0 Å². The first-order valence-corrected chi connectivity index (χ1v) is 9.58. The first-order valence-electron chi connectivity index (χ1n) is 8.29. The van der Waals surface area contributed by atoms with Gasteiger partial charge in [0.1, 0.15) is 23.7 Å². The largest absolute Gasteiger partial charge is 0.394 e. The van der Waals surface area contributed by atoms with Gasteiger partial charge in [0.25, 0.3) is 0 Å². The van der Waals surface area contributed by atoms with Gasteiger partial charge in [0.2, 0.25) is 0 Å². The van der Waals surface area contributed by atoms with Crippen LogP contribution in [0, 0.1) is 0 Å². The second kappa shape index (κ2) is 11.9. The lowest BCUT2D eigenvalue weighted by atomic mass is 9.98. The zero-order valence-electron chi connectivity index (χ0n) is 14.3. The first kappa shape index (κ1) is 20.5. The van der Waals surface area contributed by atoms with Crippen LogP contribution in [0.5, 0.6) is 0 Å². The van der Waals surface area contributed by atoms with E-state index in [1.165, 1.54) is 11.8 Å². The summed E-state index contributed by atoms with van der Waals surface area (Å²) in [5.41, 5.74) is 8.55. The number of hydrogen-bond acceptors (Lipinski definition) is 6. The van der Waals surface area contributed by atoms with Gasteiger partial charge in [-0.25, -0.2) is 0 Å². The highest BCUT2D eigenvalue weighted by atomic mass is 32.2. The first-order chi connectivity index (χ1) is 11.2. The van der Waals surface area contributed by atoms with Crippen molar-refractivity contribution in [3.8, 4) is 0 Å². The van der Waals surface area contributed by atoms with Crippen LogP contribution in [0.15, 0.2) is 5.11 Å². The van der Waals surface area contributed by atoms with Gasteiger partial charge in [-0.1, -0.05) is 31.8 Å². The van der Waals surface area contributed by atoms with Crippen molar-refractivity contribution >= 4 is 11.8 Å². The summed E-state index contributed by atoms with van der Waals surface area (Å²) in [6.07, 6.45) is 4.48. The second-order valence-electron chi connectivity index (χ2n) is 5.53. The molecule has 1 rings (SSSR count). The molecule has 0 amide bonds. The van der Waals surface area contributed by atoms with E-state index >= 15 is 0 Å². The van der Waals surface area contributed by atoms with Gasteiger partial charge >= 0.3 is 0 Å². The number of thioether (sulfide) groups is 1. The Kier molecular flexibility index (Phi) is 10.7. The Labute approximate surface area is 142 Å². The molecule has 1 heterocycles. The van der Waals surface area contributed by atoms with E-state index in [0.29, 0.717) is 13.2 Å². The van der Waals surface area contributed by atoms with E-state index in [4.69, 9.17) is 19.7 Å². The van der Waals surface area contributed by atoms with Gasteiger partial charge in [-0.3, -0.25) is 0 Å². The van der Waals surface area contributed by atoms with E-state index in [9.17, 15) is 5.11 Å². The van der Waals surface area contributed by atoms with Gasteiger partial charge in [-0.05, 0) is 24.6 Å². The van der Waals surface area contributed by atoms with Gasteiger partial charge < -0.3 is 19.3 Å². The zero-order valence-corrected chi connectivity index (χ0v) is 15.1. The highest BCUT2D eigenvalue weighted by Crippen LogP contribution is 2.33. The molecular weight excluding hydrogens is 318 g/mol. The Bertz CT molecular complexity index is 369. The minimum absolute atomic E-state index is 0.148. The number of ether oxygens (including phenoxy) is 3. The fourth-order valence-electron chi connectivity index (χ4n) is 2.54. The monoisotopic (exact) mass is 347 g/mol. The number of hydrogen-bond donors (Lipinski definition) is 1. The summed E-state index contributed by atoms with van der Waals surface area (Å²) in [6.45, 7) is 5.18. The maximum atomic E-state index is 9.66. The molecule has 134 valence electrons. The Morgan fingerprint density at radius 1 is 1.17 bits per heavy atom. The topological polar surface area (TPSA) is 96.7 Å². The fourth-order valence-corrected chi connectivity index (χ4v) is 3.28. The van der Waals surface area contributed by atoms with E-state index < -0.39 is 24.4 Å². The molecule has 5 atom stereocenters. The molecule has 23 heavy (non-hydrogen) atoms. The molecule has 0 aromatic carbocycles. The maximum absolute atomic E-state index is 9.66. The average Bonchev–Trinajstić information content (AvgIpc) is 2.57. The van der Waals surface area contributed by atoms with Crippen molar-refractivity contribution in [3.05, 3.63) is 10.4 Å². The number of unbranched alkanes of at least 4 members (excludes halogenated alkanes) is 2. The zero-order chi connectivity index (χ0) is 17.1. The molecule has 0 bridgehead atoms. The molecule has 0 aliphatic carbocycles. The predicted molar refractivity (Wildman–Crippen MR) is 91.5 cm³/mol. The number of aliphatic hydroxyl groups is 1. The van der Waals surface area contributed by atoms with Crippen LogP contribution in [0.2, 0.25) is 0 Å². The van der Waals surface area contributed by atoms with Crippen molar-refractivity contribution in [2.24, 2.45) is 5.11 Å². The second-order valence-corrected chi connectivity index (χ2v) is 6.47. The van der Waals surface area contributed by atoms with Crippen molar-refractivity contribution in [2.45, 2.75) is 69.3 Å². The average molecular weight is 347 g/mol. The summed E-state index contributed by atoms with van der Waals surface area (Å²) in [7, 11) is 0. The molecule has 8 heteroatoms. The number of rotatable bonds is 11. The highest BCUT2D eigenvalue weighted by Gasteiger charge is 2.46. The van der Waals surface area contributed by atoms with Crippen molar-refractivity contribution < 1.29 is 19.3 Å². The van der Waals surface area contributed by atoms with Crippen molar-refractivity contribution in [1.29, 1.82) is 0 Å². The lowest BCUT2D eigenvalue weighted by molar-refractivity contribution is -0.200. The Hall–Kier alpha value is -0.500. The third kappa shape index (κ3) is 6.14. The molecule has 1 aliphatic heterocycles. The van der Waals surface area contributed by atoms with Crippen molar-refractivity contribution in [3.63, 3.8) is 0 Å². The molecule has 3 unspecified atom stereocenters. The Morgan fingerprint density at radius 3 is 2.26 bits per heavy atom. The smallest absolute Gasteiger partial charge is 0.114 e. The summed E-state index contributed by atoms with van der Waals surface area (Å²) >= 11 is 1.45. The van der Waals surface area contributed by atoms with E-state index in [-0.39, 0.29) is 12.0 Å². The summed E-state index contributed by atoms with van der Waals surface area (Å²) in [6, 6.07) is -0.471. The SMILES string of the molecule is CCCCOC1C(N=[N+]=[N-])[C@H](SC)OC(CO)[C@H]1OCCCC. The molecule has 0 aromatic rings. The summed E-state index contributed by atoms with van der Waals surface area (Å²) in [5, 5.41) is 13.6. The molecular formula is C15H29N3O4S. The van der Waals surface area contributed by atoms with Crippen LogP contribution in [0.3, 0.4) is 0 Å². The van der Waals surface area contributed by atoms with E-state index in [2.05, 4.69) is 23.9 Å². The quantitative estimate of drug-likeness (QED) is 0.268. The molecule has 0 saturated carbocycles. The van der Waals surface area contributed by atoms with Crippen LogP contribution in [0.4, 0.5) is 0 Å². The summed E-state index contributed by atoms with van der Waals surface area (Å²) in [4.78, 5) is 2.95. The molecule has 0 spiro atoms. The van der Waals surface area contributed by atoms with E-state index in [0.717, 1.165) is 25.7 Å². The van der Waals surface area contributed by atoms with Gasteiger partial charge in [0, 0.05) is 18.1 Å². The highest BCUT2D eigenvalue weighted by molar-refractivity contribution is 7.99. The standard InChI is InChI=1S/C15H29N3O4S/c1-4-6-8-20-13-11(10-19)22-15(23-3)12(17-18-16)14(13)21-9-7-5-2/h11-15,19H,4-10H2,1-3H3/t11?,12?,13-,14?,15+/m1/s1. The fraction of sp³-hybridized carbons (Fsp3) is 1.00. The van der Waals surface area contributed by atoms with Crippen LogP contribution in [0.25, 0.3) is 10.4 Å². The molecule has 1 N–H and O–H groups in total. The minimum Gasteiger partial charge on any atom is -0.394 e. The molecule has 1 saturated heterocycles. The van der Waals surface area contributed by atoms with Crippen LogP contribution >= 0.6 is 11.8 Å². The van der Waals surface area contributed by atoms with Gasteiger partial charge in [-0.2, -0.15) is 0 Å². The van der Waals surface area contributed by atoms with Crippen LogP contribution in [-0.4, -0.2) is 61.0 Å². The van der Waals surface area contributed by atoms with Gasteiger partial charge in [0.15, 0.2) is 0 Å². The predicted octanol–water partition coefficient (Wildman–Crippen LogP) is 3.12. The van der Waals surface area contributed by atoms with Gasteiger partial charge in [-0.15, -0.1) is 11.8 Å². The molecule has 1 fully saturated rings. The van der Waals surface area contributed by atoms with Crippen molar-refractivity contribution in [2.75, 3.05) is 26.1 Å². The Morgan fingerprint density at radius 2 is 1.78 bits per heavy atom. The number of nitrogens with zero attached hydrogens (tertiary/aromatic N) is 3. The lowest BCUT2D eigenvalue weighted by Gasteiger charge is -2.44. The number of aliphatic hydroxyl groups excluding tert-OH is 1.